The maximum absolute atomic E-state index is 13.5. The lowest BCUT2D eigenvalue weighted by atomic mass is 10.1. The number of benzene rings is 2. The van der Waals surface area contributed by atoms with Gasteiger partial charge in [0.25, 0.3) is 0 Å². The van der Waals surface area contributed by atoms with Crippen LogP contribution in [0.2, 0.25) is 0 Å². The zero-order valence-corrected chi connectivity index (χ0v) is 12.3. The van der Waals surface area contributed by atoms with Gasteiger partial charge in [-0.15, -0.1) is 0 Å². The fourth-order valence-corrected chi connectivity index (χ4v) is 3.09. The average molecular weight is 293 g/mol. The Morgan fingerprint density at radius 1 is 1.10 bits per heavy atom. The van der Waals surface area contributed by atoms with Crippen LogP contribution in [0.1, 0.15) is 25.5 Å². The summed E-state index contributed by atoms with van der Waals surface area (Å²) < 4.78 is 26.7. The summed E-state index contributed by atoms with van der Waals surface area (Å²) in [6, 6.07) is 11.2. The monoisotopic (exact) mass is 293 g/mol. The van der Waals surface area contributed by atoms with E-state index in [-0.39, 0.29) is 17.7 Å². The van der Waals surface area contributed by atoms with Crippen LogP contribution in [0.5, 0.6) is 0 Å². The molecule has 0 heterocycles. The summed E-state index contributed by atoms with van der Waals surface area (Å²) in [5.74, 6) is -0.522. The Bertz CT molecular complexity index is 586. The van der Waals surface area contributed by atoms with Gasteiger partial charge in [-0.25, -0.2) is 8.78 Å². The molecule has 0 aliphatic rings. The minimum Gasteiger partial charge on any atom is -0.310 e. The van der Waals surface area contributed by atoms with Crippen molar-refractivity contribution in [2.45, 2.75) is 29.7 Å². The maximum Gasteiger partial charge on any atom is 0.124 e. The van der Waals surface area contributed by atoms with Crippen molar-refractivity contribution >= 4 is 11.8 Å². The molecule has 2 aromatic rings. The first kappa shape index (κ1) is 15.0. The summed E-state index contributed by atoms with van der Waals surface area (Å²) in [5.41, 5.74) is 0.890. The Labute approximate surface area is 122 Å². The molecule has 0 radical (unpaired) electrons. The molecule has 1 nitrogen and oxygen atoms in total. The number of rotatable bonds is 5. The Kier molecular flexibility index (Phi) is 5.15. The van der Waals surface area contributed by atoms with Crippen molar-refractivity contribution < 1.29 is 8.78 Å². The van der Waals surface area contributed by atoms with Gasteiger partial charge in [-0.2, -0.15) is 0 Å². The molecule has 1 N–H and O–H groups in total. The summed E-state index contributed by atoms with van der Waals surface area (Å²) in [6.07, 6.45) is 0. The van der Waals surface area contributed by atoms with Crippen LogP contribution < -0.4 is 5.32 Å². The van der Waals surface area contributed by atoms with Gasteiger partial charge in [0.1, 0.15) is 11.6 Å². The van der Waals surface area contributed by atoms with E-state index in [4.69, 9.17) is 0 Å². The van der Waals surface area contributed by atoms with Crippen molar-refractivity contribution in [1.29, 1.82) is 0 Å². The fraction of sp³-hybridized carbons (Fsp3) is 0.250. The minimum atomic E-state index is -0.265. The van der Waals surface area contributed by atoms with E-state index in [2.05, 4.69) is 5.32 Å². The molecule has 4 heteroatoms. The van der Waals surface area contributed by atoms with E-state index in [1.54, 1.807) is 12.1 Å². The van der Waals surface area contributed by atoms with Crippen LogP contribution in [0, 0.1) is 11.6 Å². The molecule has 1 atom stereocenters. The molecule has 0 spiro atoms. The lowest BCUT2D eigenvalue weighted by Gasteiger charge is -2.17. The van der Waals surface area contributed by atoms with Crippen LogP contribution in [0.4, 0.5) is 8.78 Å². The molecule has 20 heavy (non-hydrogen) atoms. The van der Waals surface area contributed by atoms with E-state index in [0.717, 1.165) is 21.9 Å². The molecule has 2 aromatic carbocycles. The van der Waals surface area contributed by atoms with Gasteiger partial charge in [-0.1, -0.05) is 24.8 Å². The quantitative estimate of drug-likeness (QED) is 0.851. The van der Waals surface area contributed by atoms with Crippen LogP contribution in [0.15, 0.2) is 52.3 Å². The second-order valence-electron chi connectivity index (χ2n) is 4.52. The summed E-state index contributed by atoms with van der Waals surface area (Å²) in [7, 11) is 0. The molecular formula is C16H17F2NS. The van der Waals surface area contributed by atoms with Crippen molar-refractivity contribution in [1.82, 2.24) is 5.32 Å². The van der Waals surface area contributed by atoms with E-state index in [9.17, 15) is 8.78 Å². The Balaban J connectivity index is 2.31. The van der Waals surface area contributed by atoms with E-state index in [1.165, 1.54) is 36.0 Å². The highest BCUT2D eigenvalue weighted by Gasteiger charge is 2.12. The third-order valence-electron chi connectivity index (χ3n) is 2.97. The van der Waals surface area contributed by atoms with Gasteiger partial charge < -0.3 is 5.32 Å². The smallest absolute Gasteiger partial charge is 0.124 e. The summed E-state index contributed by atoms with van der Waals surface area (Å²) >= 11 is 1.44. The molecule has 0 saturated heterocycles. The predicted molar refractivity (Wildman–Crippen MR) is 79.0 cm³/mol. The van der Waals surface area contributed by atoms with Gasteiger partial charge in [0.15, 0.2) is 0 Å². The van der Waals surface area contributed by atoms with Gasteiger partial charge in [-0.05, 0) is 55.4 Å². The van der Waals surface area contributed by atoms with Gasteiger partial charge in [0, 0.05) is 15.8 Å². The second-order valence-corrected chi connectivity index (χ2v) is 5.64. The number of hydrogen-bond donors (Lipinski definition) is 1. The summed E-state index contributed by atoms with van der Waals surface area (Å²) in [5, 5.41) is 3.27. The van der Waals surface area contributed by atoms with Gasteiger partial charge >= 0.3 is 0 Å². The minimum absolute atomic E-state index is 0.0479. The highest BCUT2D eigenvalue weighted by molar-refractivity contribution is 7.99. The standard InChI is InChI=1S/C16H17F2NS/c1-3-19-11(2)15-10-13(18)7-8-16(15)20-14-6-4-5-12(17)9-14/h4-11,19H,3H2,1-2H3. The molecule has 1 unspecified atom stereocenters. The predicted octanol–water partition coefficient (Wildman–Crippen LogP) is 4.79. The SMILES string of the molecule is CCNC(C)c1cc(F)ccc1Sc1cccc(F)c1. The van der Waals surface area contributed by atoms with Crippen molar-refractivity contribution in [3.8, 4) is 0 Å². The summed E-state index contributed by atoms with van der Waals surface area (Å²) in [6.45, 7) is 4.81. The third kappa shape index (κ3) is 3.81. The summed E-state index contributed by atoms with van der Waals surface area (Å²) in [4.78, 5) is 1.74. The van der Waals surface area contributed by atoms with Crippen molar-refractivity contribution in [3.63, 3.8) is 0 Å². The molecule has 2 rings (SSSR count). The molecule has 0 bridgehead atoms. The number of hydrogen-bond acceptors (Lipinski definition) is 2. The third-order valence-corrected chi connectivity index (χ3v) is 4.05. The highest BCUT2D eigenvalue weighted by atomic mass is 32.2. The lowest BCUT2D eigenvalue weighted by molar-refractivity contribution is 0.574. The van der Waals surface area contributed by atoms with Gasteiger partial charge in [-0.3, -0.25) is 0 Å². The van der Waals surface area contributed by atoms with Crippen molar-refractivity contribution in [3.05, 3.63) is 59.7 Å². The Morgan fingerprint density at radius 2 is 1.85 bits per heavy atom. The number of halogens is 2. The van der Waals surface area contributed by atoms with Crippen LogP contribution >= 0.6 is 11.8 Å². The first-order valence-corrected chi connectivity index (χ1v) is 7.38. The van der Waals surface area contributed by atoms with Crippen LogP contribution in [-0.2, 0) is 0 Å². The van der Waals surface area contributed by atoms with Crippen molar-refractivity contribution in [2.24, 2.45) is 0 Å². The lowest BCUT2D eigenvalue weighted by Crippen LogP contribution is -2.18. The fourth-order valence-electron chi connectivity index (χ4n) is 2.02. The second kappa shape index (κ2) is 6.86. The van der Waals surface area contributed by atoms with E-state index >= 15 is 0 Å². The molecule has 0 fully saturated rings. The molecule has 106 valence electrons. The molecule has 0 aliphatic heterocycles. The van der Waals surface area contributed by atoms with Gasteiger partial charge in [0.2, 0.25) is 0 Å². The first-order valence-electron chi connectivity index (χ1n) is 6.56. The zero-order chi connectivity index (χ0) is 14.5. The van der Waals surface area contributed by atoms with E-state index < -0.39 is 0 Å². The topological polar surface area (TPSA) is 12.0 Å². The average Bonchev–Trinajstić information content (AvgIpc) is 2.41. The first-order chi connectivity index (χ1) is 9.60. The molecular weight excluding hydrogens is 276 g/mol. The number of nitrogens with one attached hydrogen (secondary N) is 1. The molecule has 0 aromatic heterocycles. The largest absolute Gasteiger partial charge is 0.310 e. The van der Waals surface area contributed by atoms with Crippen LogP contribution in [0.25, 0.3) is 0 Å². The van der Waals surface area contributed by atoms with Crippen molar-refractivity contribution in [2.75, 3.05) is 6.54 Å². The van der Waals surface area contributed by atoms with Gasteiger partial charge in [0.05, 0.1) is 0 Å². The zero-order valence-electron chi connectivity index (χ0n) is 11.5. The maximum atomic E-state index is 13.5. The molecule has 0 aliphatic carbocycles. The highest BCUT2D eigenvalue weighted by Crippen LogP contribution is 2.34. The van der Waals surface area contributed by atoms with Crippen LogP contribution in [0.3, 0.4) is 0 Å². The van der Waals surface area contributed by atoms with Crippen LogP contribution in [-0.4, -0.2) is 6.54 Å². The Morgan fingerprint density at radius 3 is 2.55 bits per heavy atom. The normalized spacial score (nSPS) is 12.4. The molecule has 0 saturated carbocycles. The Hall–Kier alpha value is -1.39. The van der Waals surface area contributed by atoms with E-state index in [1.807, 2.05) is 19.9 Å². The van der Waals surface area contributed by atoms with E-state index in [0.29, 0.717) is 0 Å². The molecule has 0 amide bonds.